The topological polar surface area (TPSA) is 43.1 Å². The lowest BCUT2D eigenvalue weighted by Crippen LogP contribution is -1.81. The lowest BCUT2D eigenvalue weighted by molar-refractivity contribution is 0.112. The summed E-state index contributed by atoms with van der Waals surface area (Å²) in [5.74, 6) is 1.42. The molecule has 0 unspecified atom stereocenters. The number of benzene rings is 1. The number of aryl methyl sites for hydroxylation is 2. The Morgan fingerprint density at radius 2 is 1.87 bits per heavy atom. The number of hydrogen-bond acceptors (Lipinski definition) is 3. The summed E-state index contributed by atoms with van der Waals surface area (Å²) in [6.45, 7) is 3.79. The first-order valence-electron chi connectivity index (χ1n) is 4.70. The number of nitrogens with zero attached hydrogens (tertiary/aromatic N) is 1. The molecule has 0 spiro atoms. The maximum Gasteiger partial charge on any atom is 0.226 e. The summed E-state index contributed by atoms with van der Waals surface area (Å²) < 4.78 is 5.47. The first-order chi connectivity index (χ1) is 7.20. The molecule has 1 heterocycles. The number of rotatable bonds is 2. The molecule has 76 valence electrons. The molecule has 1 aromatic carbocycles. The fourth-order valence-electron chi connectivity index (χ4n) is 1.30. The number of aldehydes is 1. The SMILES string of the molecule is Cc1nc(-c2ccc(C=O)cc2)oc1C. The predicted molar refractivity (Wildman–Crippen MR) is 56.8 cm³/mol. The Balaban J connectivity index is 2.41. The highest BCUT2D eigenvalue weighted by Crippen LogP contribution is 2.21. The van der Waals surface area contributed by atoms with E-state index < -0.39 is 0 Å². The molecule has 0 atom stereocenters. The molecule has 3 nitrogen and oxygen atoms in total. The molecule has 0 aliphatic rings. The molecule has 0 saturated carbocycles. The van der Waals surface area contributed by atoms with Crippen LogP contribution in [0.5, 0.6) is 0 Å². The third-order valence-corrected chi connectivity index (χ3v) is 2.32. The van der Waals surface area contributed by atoms with E-state index in [1.54, 1.807) is 12.1 Å². The van der Waals surface area contributed by atoms with Gasteiger partial charge in [0.2, 0.25) is 5.89 Å². The van der Waals surface area contributed by atoms with Crippen molar-refractivity contribution in [1.82, 2.24) is 4.98 Å². The summed E-state index contributed by atoms with van der Waals surface area (Å²) >= 11 is 0. The average molecular weight is 201 g/mol. The van der Waals surface area contributed by atoms with Crippen LogP contribution in [0.2, 0.25) is 0 Å². The molecule has 1 aromatic heterocycles. The normalized spacial score (nSPS) is 10.3. The van der Waals surface area contributed by atoms with Gasteiger partial charge >= 0.3 is 0 Å². The minimum atomic E-state index is 0.599. The Kier molecular flexibility index (Phi) is 2.37. The van der Waals surface area contributed by atoms with Crippen molar-refractivity contribution in [3.8, 4) is 11.5 Å². The van der Waals surface area contributed by atoms with Gasteiger partial charge in [-0.2, -0.15) is 0 Å². The van der Waals surface area contributed by atoms with E-state index in [0.29, 0.717) is 11.5 Å². The Morgan fingerprint density at radius 1 is 1.20 bits per heavy atom. The minimum Gasteiger partial charge on any atom is -0.441 e. The zero-order chi connectivity index (χ0) is 10.8. The average Bonchev–Trinajstić information content (AvgIpc) is 2.59. The van der Waals surface area contributed by atoms with E-state index in [2.05, 4.69) is 4.98 Å². The Hall–Kier alpha value is -1.90. The summed E-state index contributed by atoms with van der Waals surface area (Å²) in [7, 11) is 0. The van der Waals surface area contributed by atoms with Crippen LogP contribution in [0.3, 0.4) is 0 Å². The summed E-state index contributed by atoms with van der Waals surface area (Å²) in [5, 5.41) is 0. The molecule has 0 fully saturated rings. The van der Waals surface area contributed by atoms with Gasteiger partial charge in [0, 0.05) is 11.1 Å². The van der Waals surface area contributed by atoms with E-state index in [-0.39, 0.29) is 0 Å². The molecular formula is C12H11NO2. The van der Waals surface area contributed by atoms with Crippen LogP contribution in [0.1, 0.15) is 21.8 Å². The molecule has 0 saturated heterocycles. The summed E-state index contributed by atoms with van der Waals surface area (Å²) in [4.78, 5) is 14.8. The zero-order valence-electron chi connectivity index (χ0n) is 8.65. The predicted octanol–water partition coefficient (Wildman–Crippen LogP) is 2.77. The van der Waals surface area contributed by atoms with Crippen LogP contribution in [0.25, 0.3) is 11.5 Å². The molecule has 3 heteroatoms. The van der Waals surface area contributed by atoms with Crippen molar-refractivity contribution < 1.29 is 9.21 Å². The number of oxazole rings is 1. The highest BCUT2D eigenvalue weighted by molar-refractivity contribution is 5.76. The monoisotopic (exact) mass is 201 g/mol. The first-order valence-corrected chi connectivity index (χ1v) is 4.70. The molecule has 0 N–H and O–H groups in total. The van der Waals surface area contributed by atoms with Crippen molar-refractivity contribution in [2.75, 3.05) is 0 Å². The maximum absolute atomic E-state index is 10.5. The van der Waals surface area contributed by atoms with Gasteiger partial charge in [-0.1, -0.05) is 12.1 Å². The second kappa shape index (κ2) is 3.69. The Morgan fingerprint density at radius 3 is 2.33 bits per heavy atom. The van der Waals surface area contributed by atoms with Crippen molar-refractivity contribution in [3.05, 3.63) is 41.3 Å². The molecule has 0 aliphatic carbocycles. The second-order valence-electron chi connectivity index (χ2n) is 3.40. The fourth-order valence-corrected chi connectivity index (χ4v) is 1.30. The maximum atomic E-state index is 10.5. The van der Waals surface area contributed by atoms with Crippen molar-refractivity contribution >= 4 is 6.29 Å². The molecule has 0 bridgehead atoms. The van der Waals surface area contributed by atoms with Crippen LogP contribution in [0.4, 0.5) is 0 Å². The summed E-state index contributed by atoms with van der Waals surface area (Å²) in [6.07, 6.45) is 0.815. The highest BCUT2D eigenvalue weighted by atomic mass is 16.4. The first kappa shape index (κ1) is 9.65. The molecule has 15 heavy (non-hydrogen) atoms. The van der Waals surface area contributed by atoms with E-state index in [4.69, 9.17) is 4.42 Å². The fraction of sp³-hybridized carbons (Fsp3) is 0.167. The van der Waals surface area contributed by atoms with Crippen molar-refractivity contribution in [1.29, 1.82) is 0 Å². The number of carbonyl (C=O) groups is 1. The lowest BCUT2D eigenvalue weighted by Gasteiger charge is -1.94. The number of aromatic nitrogens is 1. The van der Waals surface area contributed by atoms with Gasteiger partial charge in [-0.05, 0) is 26.0 Å². The van der Waals surface area contributed by atoms with Gasteiger partial charge in [0.15, 0.2) is 0 Å². The highest BCUT2D eigenvalue weighted by Gasteiger charge is 2.07. The van der Waals surface area contributed by atoms with Gasteiger partial charge in [-0.3, -0.25) is 4.79 Å². The number of carbonyl (C=O) groups excluding carboxylic acids is 1. The molecule has 2 aromatic rings. The van der Waals surface area contributed by atoms with E-state index in [1.165, 1.54) is 0 Å². The minimum absolute atomic E-state index is 0.599. The quantitative estimate of drug-likeness (QED) is 0.701. The third kappa shape index (κ3) is 1.81. The Bertz CT molecular complexity index is 463. The van der Waals surface area contributed by atoms with E-state index in [9.17, 15) is 4.79 Å². The van der Waals surface area contributed by atoms with Gasteiger partial charge in [0.1, 0.15) is 12.0 Å². The van der Waals surface area contributed by atoms with Crippen LogP contribution in [-0.2, 0) is 0 Å². The number of hydrogen-bond donors (Lipinski definition) is 0. The van der Waals surface area contributed by atoms with Crippen molar-refractivity contribution in [2.45, 2.75) is 13.8 Å². The van der Waals surface area contributed by atoms with Crippen LogP contribution >= 0.6 is 0 Å². The van der Waals surface area contributed by atoms with E-state index >= 15 is 0 Å². The molecule has 0 aliphatic heterocycles. The van der Waals surface area contributed by atoms with Gasteiger partial charge in [-0.15, -0.1) is 0 Å². The standard InChI is InChI=1S/C12H11NO2/c1-8-9(2)15-12(13-8)11-5-3-10(7-14)4-6-11/h3-7H,1-2H3. The third-order valence-electron chi connectivity index (χ3n) is 2.32. The van der Waals surface area contributed by atoms with Gasteiger partial charge < -0.3 is 4.42 Å². The van der Waals surface area contributed by atoms with Gasteiger partial charge in [0.05, 0.1) is 5.69 Å². The van der Waals surface area contributed by atoms with Crippen LogP contribution in [-0.4, -0.2) is 11.3 Å². The van der Waals surface area contributed by atoms with Crippen LogP contribution in [0.15, 0.2) is 28.7 Å². The molecule has 2 rings (SSSR count). The Labute approximate surface area is 87.8 Å². The van der Waals surface area contributed by atoms with Crippen LogP contribution in [0, 0.1) is 13.8 Å². The molecule has 0 amide bonds. The summed E-state index contributed by atoms with van der Waals surface area (Å²) in [5.41, 5.74) is 2.43. The zero-order valence-corrected chi connectivity index (χ0v) is 8.65. The van der Waals surface area contributed by atoms with Gasteiger partial charge in [0.25, 0.3) is 0 Å². The van der Waals surface area contributed by atoms with Crippen molar-refractivity contribution in [2.24, 2.45) is 0 Å². The second-order valence-corrected chi connectivity index (χ2v) is 3.40. The van der Waals surface area contributed by atoms with Gasteiger partial charge in [-0.25, -0.2) is 4.98 Å². The smallest absolute Gasteiger partial charge is 0.226 e. The lowest BCUT2D eigenvalue weighted by atomic mass is 10.1. The summed E-state index contributed by atoms with van der Waals surface area (Å²) in [6, 6.07) is 7.15. The van der Waals surface area contributed by atoms with Crippen LogP contribution < -0.4 is 0 Å². The van der Waals surface area contributed by atoms with E-state index in [1.807, 2.05) is 26.0 Å². The van der Waals surface area contributed by atoms with Crippen molar-refractivity contribution in [3.63, 3.8) is 0 Å². The largest absolute Gasteiger partial charge is 0.441 e. The molecule has 0 radical (unpaired) electrons. The molecular weight excluding hydrogens is 190 g/mol. The van der Waals surface area contributed by atoms with E-state index in [0.717, 1.165) is 23.3 Å².